The van der Waals surface area contributed by atoms with E-state index in [0.29, 0.717) is 11.3 Å². The van der Waals surface area contributed by atoms with Crippen LogP contribution >= 0.6 is 0 Å². The molecule has 0 saturated carbocycles. The molecule has 1 amide bonds. The molecule has 0 unspecified atom stereocenters. The lowest BCUT2D eigenvalue weighted by Gasteiger charge is -2.11. The number of aryl methyl sites for hydroxylation is 1. The van der Waals surface area contributed by atoms with Gasteiger partial charge >= 0.3 is 12.1 Å². The Morgan fingerprint density at radius 2 is 1.74 bits per heavy atom. The third-order valence-electron chi connectivity index (χ3n) is 3.69. The molecule has 8 heteroatoms. The Morgan fingerprint density at radius 3 is 2.33 bits per heavy atom. The van der Waals surface area contributed by atoms with Crippen molar-refractivity contribution in [3.8, 4) is 5.75 Å². The minimum absolute atomic E-state index is 0.0103. The largest absolute Gasteiger partial charge is 0.496 e. The molecule has 0 spiro atoms. The van der Waals surface area contributed by atoms with Gasteiger partial charge in [0.1, 0.15) is 18.9 Å². The smallest absolute Gasteiger partial charge is 0.416 e. The average molecular weight is 381 g/mol. The number of benzene rings is 2. The zero-order valence-electron chi connectivity index (χ0n) is 14.7. The molecule has 0 bridgehead atoms. The molecule has 0 aromatic heterocycles. The highest BCUT2D eigenvalue weighted by Crippen LogP contribution is 2.29. The normalized spacial score (nSPS) is 11.0. The molecule has 0 saturated heterocycles. The lowest BCUT2D eigenvalue weighted by molar-refractivity contribution is -0.143. The van der Waals surface area contributed by atoms with Crippen LogP contribution in [0.25, 0.3) is 0 Å². The van der Waals surface area contributed by atoms with Crippen LogP contribution < -0.4 is 10.1 Å². The molecule has 0 aliphatic rings. The van der Waals surface area contributed by atoms with Gasteiger partial charge < -0.3 is 14.8 Å². The molecule has 0 heterocycles. The quantitative estimate of drug-likeness (QED) is 0.778. The number of esters is 1. The number of amides is 1. The summed E-state index contributed by atoms with van der Waals surface area (Å²) in [7, 11) is 1.50. The second-order valence-corrected chi connectivity index (χ2v) is 5.73. The Bertz CT molecular complexity index is 817. The predicted molar refractivity (Wildman–Crippen MR) is 91.3 cm³/mol. The van der Waals surface area contributed by atoms with E-state index in [2.05, 4.69) is 5.32 Å². The fourth-order valence-electron chi connectivity index (χ4n) is 2.29. The number of nitrogens with one attached hydrogen (secondary N) is 1. The van der Waals surface area contributed by atoms with Gasteiger partial charge in [-0.05, 0) is 43.3 Å². The van der Waals surface area contributed by atoms with Gasteiger partial charge in [0.25, 0.3) is 5.91 Å². The van der Waals surface area contributed by atoms with Crippen molar-refractivity contribution in [2.45, 2.75) is 19.7 Å². The molecule has 144 valence electrons. The summed E-state index contributed by atoms with van der Waals surface area (Å²) in [5.74, 6) is -0.783. The molecule has 2 aromatic rings. The van der Waals surface area contributed by atoms with E-state index in [-0.39, 0.29) is 12.2 Å². The number of carbonyl (C=O) groups is 2. The summed E-state index contributed by atoms with van der Waals surface area (Å²) in [6.07, 6.45) is -4.48. The second kappa shape index (κ2) is 8.57. The summed E-state index contributed by atoms with van der Waals surface area (Å²) in [6.45, 7) is 1.45. The highest BCUT2D eigenvalue weighted by atomic mass is 19.4. The molecule has 0 radical (unpaired) electrons. The van der Waals surface area contributed by atoms with E-state index < -0.39 is 30.2 Å². The first-order valence-electron chi connectivity index (χ1n) is 7.95. The van der Waals surface area contributed by atoms with E-state index in [0.717, 1.165) is 29.8 Å². The van der Waals surface area contributed by atoms with Crippen LogP contribution in [0.5, 0.6) is 5.75 Å². The van der Waals surface area contributed by atoms with Gasteiger partial charge in [-0.15, -0.1) is 0 Å². The van der Waals surface area contributed by atoms with Crippen molar-refractivity contribution in [2.75, 3.05) is 13.7 Å². The topological polar surface area (TPSA) is 64.6 Å². The van der Waals surface area contributed by atoms with Crippen LogP contribution in [0.1, 0.15) is 27.0 Å². The summed E-state index contributed by atoms with van der Waals surface area (Å²) in [4.78, 5) is 23.7. The van der Waals surface area contributed by atoms with Gasteiger partial charge in [-0.3, -0.25) is 9.59 Å². The number of ether oxygens (including phenoxy) is 2. The van der Waals surface area contributed by atoms with Crippen LogP contribution in [-0.4, -0.2) is 25.5 Å². The summed E-state index contributed by atoms with van der Waals surface area (Å²) < 4.78 is 47.8. The van der Waals surface area contributed by atoms with Crippen LogP contribution in [0, 0.1) is 6.92 Å². The minimum atomic E-state index is -4.48. The Labute approximate surface area is 154 Å². The fraction of sp³-hybridized carbons (Fsp3) is 0.263. The van der Waals surface area contributed by atoms with Crippen molar-refractivity contribution in [3.63, 3.8) is 0 Å². The molecule has 2 aromatic carbocycles. The number of methoxy groups -OCH3 is 1. The molecular weight excluding hydrogens is 363 g/mol. The maximum atomic E-state index is 12.5. The molecule has 2 rings (SSSR count). The van der Waals surface area contributed by atoms with Crippen molar-refractivity contribution >= 4 is 11.9 Å². The number of hydrogen-bond acceptors (Lipinski definition) is 4. The fourth-order valence-corrected chi connectivity index (χ4v) is 2.29. The van der Waals surface area contributed by atoms with Gasteiger partial charge in [-0.2, -0.15) is 13.2 Å². The van der Waals surface area contributed by atoms with Crippen molar-refractivity contribution in [3.05, 3.63) is 64.7 Å². The highest BCUT2D eigenvalue weighted by Gasteiger charge is 2.30. The zero-order chi connectivity index (χ0) is 20.0. The Morgan fingerprint density at radius 1 is 1.07 bits per heavy atom. The first kappa shape index (κ1) is 20.3. The zero-order valence-corrected chi connectivity index (χ0v) is 14.7. The Hall–Kier alpha value is -3.03. The maximum absolute atomic E-state index is 12.5. The molecule has 0 aliphatic heterocycles. The predicted octanol–water partition coefficient (Wildman–Crippen LogP) is 3.50. The Balaban J connectivity index is 1.86. The summed E-state index contributed by atoms with van der Waals surface area (Å²) in [5.41, 5.74) is 0.805. The lowest BCUT2D eigenvalue weighted by atomic mass is 10.1. The second-order valence-electron chi connectivity index (χ2n) is 5.73. The van der Waals surface area contributed by atoms with Crippen molar-refractivity contribution in [1.82, 2.24) is 5.32 Å². The van der Waals surface area contributed by atoms with Gasteiger partial charge in [0.2, 0.25) is 0 Å². The maximum Gasteiger partial charge on any atom is 0.416 e. The van der Waals surface area contributed by atoms with E-state index in [1.54, 1.807) is 6.07 Å². The number of hydrogen-bond donors (Lipinski definition) is 1. The number of halogens is 3. The van der Waals surface area contributed by atoms with Crippen LogP contribution in [0.4, 0.5) is 13.2 Å². The molecule has 27 heavy (non-hydrogen) atoms. The standard InChI is InChI=1S/C19H18F3NO4/c1-12-3-8-16(26-2)14(9-12)11-27-17(24)10-23-18(25)13-4-6-15(7-5-13)19(20,21)22/h3-9H,10-11H2,1-2H3,(H,23,25). The number of rotatable bonds is 6. The minimum Gasteiger partial charge on any atom is -0.496 e. The first-order valence-corrected chi connectivity index (χ1v) is 7.95. The van der Waals surface area contributed by atoms with Gasteiger partial charge in [-0.1, -0.05) is 11.6 Å². The van der Waals surface area contributed by atoms with Crippen LogP contribution in [-0.2, 0) is 22.3 Å². The van der Waals surface area contributed by atoms with Crippen molar-refractivity contribution in [1.29, 1.82) is 0 Å². The molecule has 5 nitrogen and oxygen atoms in total. The Kier molecular flexibility index (Phi) is 6.44. The highest BCUT2D eigenvalue weighted by molar-refractivity contribution is 5.95. The SMILES string of the molecule is COc1ccc(C)cc1COC(=O)CNC(=O)c1ccc(C(F)(F)F)cc1. The van der Waals surface area contributed by atoms with Crippen molar-refractivity contribution in [2.24, 2.45) is 0 Å². The summed E-state index contributed by atoms with van der Waals surface area (Å²) in [5, 5.41) is 2.31. The number of alkyl halides is 3. The van der Waals surface area contributed by atoms with E-state index in [9.17, 15) is 22.8 Å². The van der Waals surface area contributed by atoms with E-state index in [4.69, 9.17) is 9.47 Å². The number of carbonyl (C=O) groups excluding carboxylic acids is 2. The molecule has 0 fully saturated rings. The summed E-state index contributed by atoms with van der Waals surface area (Å²) >= 11 is 0. The third kappa shape index (κ3) is 5.73. The third-order valence-corrected chi connectivity index (χ3v) is 3.69. The van der Waals surface area contributed by atoms with Crippen LogP contribution in [0.3, 0.4) is 0 Å². The summed E-state index contributed by atoms with van der Waals surface area (Å²) in [6, 6.07) is 9.11. The van der Waals surface area contributed by atoms with Gasteiger partial charge in [-0.25, -0.2) is 0 Å². The first-order chi connectivity index (χ1) is 12.7. The van der Waals surface area contributed by atoms with E-state index in [1.165, 1.54) is 7.11 Å². The molecular formula is C19H18F3NO4. The van der Waals surface area contributed by atoms with Crippen LogP contribution in [0.2, 0.25) is 0 Å². The van der Waals surface area contributed by atoms with E-state index >= 15 is 0 Å². The van der Waals surface area contributed by atoms with Crippen molar-refractivity contribution < 1.29 is 32.2 Å². The van der Waals surface area contributed by atoms with E-state index in [1.807, 2.05) is 19.1 Å². The average Bonchev–Trinajstić information content (AvgIpc) is 2.64. The molecule has 0 aliphatic carbocycles. The van der Waals surface area contributed by atoms with Crippen LogP contribution in [0.15, 0.2) is 42.5 Å². The van der Waals surface area contributed by atoms with Gasteiger partial charge in [0.05, 0.1) is 12.7 Å². The monoisotopic (exact) mass is 381 g/mol. The van der Waals surface area contributed by atoms with Gasteiger partial charge in [0, 0.05) is 11.1 Å². The lowest BCUT2D eigenvalue weighted by Crippen LogP contribution is -2.30. The molecule has 0 atom stereocenters. The molecule has 1 N–H and O–H groups in total. The van der Waals surface area contributed by atoms with Gasteiger partial charge in [0.15, 0.2) is 0 Å².